The van der Waals surface area contributed by atoms with Crippen LogP contribution in [-0.4, -0.2) is 43.0 Å². The third-order valence-corrected chi connectivity index (χ3v) is 4.84. The second-order valence-corrected chi connectivity index (χ2v) is 6.70. The van der Waals surface area contributed by atoms with Gasteiger partial charge in [-0.25, -0.2) is 9.97 Å². The number of H-pyrrole nitrogens is 1. The first kappa shape index (κ1) is 18.5. The van der Waals surface area contributed by atoms with E-state index in [1.807, 2.05) is 55.5 Å². The van der Waals surface area contributed by atoms with Gasteiger partial charge in [-0.15, -0.1) is 0 Å². The van der Waals surface area contributed by atoms with E-state index in [1.165, 1.54) is 0 Å². The highest BCUT2D eigenvalue weighted by Crippen LogP contribution is 2.24. The van der Waals surface area contributed by atoms with Crippen molar-refractivity contribution in [2.45, 2.75) is 13.0 Å². The SMILES string of the molecule is CC(c1cc(-c2ccccc2)n[nH]1)N(C)C(=O)c1cnc(-c2cccnc2)nc1. The van der Waals surface area contributed by atoms with Crippen molar-refractivity contribution in [1.29, 1.82) is 0 Å². The number of carbonyl (C=O) groups is 1. The minimum atomic E-state index is -0.189. The van der Waals surface area contributed by atoms with E-state index in [4.69, 9.17) is 0 Å². The van der Waals surface area contributed by atoms with E-state index in [-0.39, 0.29) is 11.9 Å². The van der Waals surface area contributed by atoms with Gasteiger partial charge in [-0.2, -0.15) is 5.10 Å². The van der Waals surface area contributed by atoms with Gasteiger partial charge in [-0.05, 0) is 25.1 Å². The van der Waals surface area contributed by atoms with Crippen LogP contribution in [0.25, 0.3) is 22.6 Å². The number of benzene rings is 1. The molecule has 0 bridgehead atoms. The Labute approximate surface area is 168 Å². The molecule has 0 aliphatic carbocycles. The summed E-state index contributed by atoms with van der Waals surface area (Å²) >= 11 is 0. The van der Waals surface area contributed by atoms with Crippen LogP contribution in [0.15, 0.2) is 73.3 Å². The van der Waals surface area contributed by atoms with Crippen molar-refractivity contribution in [3.05, 3.63) is 84.6 Å². The smallest absolute Gasteiger partial charge is 0.257 e. The minimum absolute atomic E-state index is 0.161. The number of hydrogen-bond donors (Lipinski definition) is 1. The summed E-state index contributed by atoms with van der Waals surface area (Å²) in [6, 6.07) is 15.4. The first-order chi connectivity index (χ1) is 14.1. The predicted molar refractivity (Wildman–Crippen MR) is 110 cm³/mol. The maximum atomic E-state index is 12.9. The summed E-state index contributed by atoms with van der Waals surface area (Å²) in [7, 11) is 1.76. The number of amides is 1. The Balaban J connectivity index is 1.49. The lowest BCUT2D eigenvalue weighted by Crippen LogP contribution is -2.30. The molecule has 1 N–H and O–H groups in total. The zero-order valence-electron chi connectivity index (χ0n) is 16.1. The fraction of sp³-hybridized carbons (Fsp3) is 0.136. The summed E-state index contributed by atoms with van der Waals surface area (Å²) in [5.41, 5.74) is 3.95. The van der Waals surface area contributed by atoms with Crippen LogP contribution in [0.5, 0.6) is 0 Å². The lowest BCUT2D eigenvalue weighted by atomic mass is 10.1. The number of aromatic nitrogens is 5. The Morgan fingerprint density at radius 3 is 2.41 bits per heavy atom. The second kappa shape index (κ2) is 8.02. The molecule has 0 aliphatic heterocycles. The number of hydrogen-bond acceptors (Lipinski definition) is 5. The van der Waals surface area contributed by atoms with Crippen LogP contribution in [0.1, 0.15) is 29.0 Å². The van der Waals surface area contributed by atoms with Gasteiger partial charge in [0.25, 0.3) is 5.91 Å². The van der Waals surface area contributed by atoms with Crippen LogP contribution in [0.3, 0.4) is 0 Å². The summed E-state index contributed by atoms with van der Waals surface area (Å²) in [5, 5.41) is 7.41. The molecule has 0 radical (unpaired) electrons. The molecule has 0 fully saturated rings. The Morgan fingerprint density at radius 1 is 1.00 bits per heavy atom. The molecule has 29 heavy (non-hydrogen) atoms. The second-order valence-electron chi connectivity index (χ2n) is 6.70. The summed E-state index contributed by atoms with van der Waals surface area (Å²) in [4.78, 5) is 27.2. The van der Waals surface area contributed by atoms with Crippen molar-refractivity contribution in [2.75, 3.05) is 7.05 Å². The maximum absolute atomic E-state index is 12.9. The quantitative estimate of drug-likeness (QED) is 0.566. The van der Waals surface area contributed by atoms with Gasteiger partial charge < -0.3 is 4.90 Å². The first-order valence-electron chi connectivity index (χ1n) is 9.24. The van der Waals surface area contributed by atoms with Crippen molar-refractivity contribution < 1.29 is 4.79 Å². The fourth-order valence-electron chi connectivity index (χ4n) is 2.98. The lowest BCUT2D eigenvalue weighted by molar-refractivity contribution is 0.0739. The molecule has 4 aromatic rings. The molecule has 0 saturated carbocycles. The van der Waals surface area contributed by atoms with E-state index in [0.29, 0.717) is 11.4 Å². The molecule has 0 aliphatic rings. The van der Waals surface area contributed by atoms with Crippen LogP contribution < -0.4 is 0 Å². The van der Waals surface area contributed by atoms with Gasteiger partial charge in [0.05, 0.1) is 23.0 Å². The summed E-state index contributed by atoms with van der Waals surface area (Å²) < 4.78 is 0. The van der Waals surface area contributed by atoms with E-state index < -0.39 is 0 Å². The number of carbonyl (C=O) groups excluding carboxylic acids is 1. The molecule has 3 heterocycles. The Bertz CT molecular complexity index is 1090. The van der Waals surface area contributed by atoms with Crippen LogP contribution in [0, 0.1) is 0 Å². The monoisotopic (exact) mass is 384 g/mol. The van der Waals surface area contributed by atoms with Crippen molar-refractivity contribution in [3.8, 4) is 22.6 Å². The van der Waals surface area contributed by atoms with Crippen molar-refractivity contribution in [1.82, 2.24) is 30.0 Å². The first-order valence-corrected chi connectivity index (χ1v) is 9.24. The molecule has 1 aromatic carbocycles. The normalized spacial score (nSPS) is 11.8. The van der Waals surface area contributed by atoms with E-state index in [2.05, 4.69) is 25.1 Å². The molecular formula is C22H20N6O. The summed E-state index contributed by atoms with van der Waals surface area (Å²) in [5.74, 6) is 0.373. The zero-order valence-corrected chi connectivity index (χ0v) is 16.1. The van der Waals surface area contributed by atoms with Crippen molar-refractivity contribution in [2.24, 2.45) is 0 Å². The van der Waals surface area contributed by atoms with E-state index in [1.54, 1.807) is 36.7 Å². The van der Waals surface area contributed by atoms with Gasteiger partial charge in [-0.3, -0.25) is 14.9 Å². The van der Waals surface area contributed by atoms with Gasteiger partial charge in [0.2, 0.25) is 0 Å². The maximum Gasteiger partial charge on any atom is 0.257 e. The molecular weight excluding hydrogens is 364 g/mol. The predicted octanol–water partition coefficient (Wildman–Crippen LogP) is 3.76. The Kier molecular flexibility index (Phi) is 5.11. The number of nitrogens with one attached hydrogen (secondary N) is 1. The zero-order chi connectivity index (χ0) is 20.2. The molecule has 144 valence electrons. The van der Waals surface area contributed by atoms with E-state index in [9.17, 15) is 4.79 Å². The molecule has 0 spiro atoms. The van der Waals surface area contributed by atoms with E-state index in [0.717, 1.165) is 22.5 Å². The largest absolute Gasteiger partial charge is 0.333 e. The summed E-state index contributed by atoms with van der Waals surface area (Å²) in [6.07, 6.45) is 6.47. The average Bonchev–Trinajstić information content (AvgIpc) is 3.29. The van der Waals surface area contributed by atoms with Crippen LogP contribution in [-0.2, 0) is 0 Å². The number of nitrogens with zero attached hydrogens (tertiary/aromatic N) is 5. The van der Waals surface area contributed by atoms with Gasteiger partial charge in [0.1, 0.15) is 0 Å². The van der Waals surface area contributed by atoms with Crippen LogP contribution in [0.2, 0.25) is 0 Å². The van der Waals surface area contributed by atoms with Crippen LogP contribution in [0.4, 0.5) is 0 Å². The topological polar surface area (TPSA) is 87.7 Å². The van der Waals surface area contributed by atoms with Crippen molar-refractivity contribution >= 4 is 5.91 Å². The minimum Gasteiger partial charge on any atom is -0.333 e. The third kappa shape index (κ3) is 3.89. The number of aromatic amines is 1. The molecule has 7 heteroatoms. The Hall–Kier alpha value is -3.87. The average molecular weight is 384 g/mol. The van der Waals surface area contributed by atoms with Crippen molar-refractivity contribution in [3.63, 3.8) is 0 Å². The third-order valence-electron chi connectivity index (χ3n) is 4.84. The van der Waals surface area contributed by atoms with Gasteiger partial charge >= 0.3 is 0 Å². The van der Waals surface area contributed by atoms with Gasteiger partial charge in [0.15, 0.2) is 5.82 Å². The molecule has 4 rings (SSSR count). The fourth-order valence-corrected chi connectivity index (χ4v) is 2.98. The summed E-state index contributed by atoms with van der Waals surface area (Å²) in [6.45, 7) is 1.95. The molecule has 7 nitrogen and oxygen atoms in total. The van der Waals surface area contributed by atoms with Gasteiger partial charge in [0, 0.05) is 43.0 Å². The van der Waals surface area contributed by atoms with Crippen LogP contribution >= 0.6 is 0 Å². The molecule has 1 unspecified atom stereocenters. The number of pyridine rings is 1. The highest BCUT2D eigenvalue weighted by molar-refractivity contribution is 5.93. The lowest BCUT2D eigenvalue weighted by Gasteiger charge is -2.23. The molecule has 0 saturated heterocycles. The van der Waals surface area contributed by atoms with Gasteiger partial charge in [-0.1, -0.05) is 30.3 Å². The molecule has 1 atom stereocenters. The Morgan fingerprint density at radius 2 is 1.72 bits per heavy atom. The molecule has 1 amide bonds. The highest BCUT2D eigenvalue weighted by atomic mass is 16.2. The number of rotatable bonds is 5. The molecule has 3 aromatic heterocycles. The highest BCUT2D eigenvalue weighted by Gasteiger charge is 2.21. The van der Waals surface area contributed by atoms with E-state index >= 15 is 0 Å². The standard InChI is InChI=1S/C22H20N6O/c1-15(19-11-20(27-26-19)16-7-4-3-5-8-16)28(2)22(29)18-13-24-21(25-14-18)17-9-6-10-23-12-17/h3-15H,1-2H3,(H,26,27).